The van der Waals surface area contributed by atoms with Crippen LogP contribution in [0.1, 0.15) is 27.7 Å². The molecule has 0 saturated carbocycles. The zero-order chi connectivity index (χ0) is 9.02. The van der Waals surface area contributed by atoms with Crippen LogP contribution in [0, 0.1) is 5.92 Å². The van der Waals surface area contributed by atoms with Gasteiger partial charge in [-0.05, 0) is 12.8 Å². The molecule has 2 nitrogen and oxygen atoms in total. The Bertz CT molecular complexity index is 126. The molecule has 0 aromatic rings. The van der Waals surface area contributed by atoms with Gasteiger partial charge in [-0.2, -0.15) is 0 Å². The molecule has 2 atom stereocenters. The van der Waals surface area contributed by atoms with E-state index in [2.05, 4.69) is 5.32 Å². The quantitative estimate of drug-likeness (QED) is 0.655. The molecule has 0 aliphatic carbocycles. The van der Waals surface area contributed by atoms with E-state index in [0.717, 1.165) is 0 Å². The van der Waals surface area contributed by atoms with E-state index in [9.17, 15) is 4.79 Å². The van der Waals surface area contributed by atoms with Crippen molar-refractivity contribution in [3.05, 3.63) is 0 Å². The number of rotatable bonds is 3. The van der Waals surface area contributed by atoms with Crippen LogP contribution >= 0.6 is 11.6 Å². The Morgan fingerprint density at radius 3 is 1.91 bits per heavy atom. The Hall–Kier alpha value is -0.240. The average Bonchev–Trinajstić information content (AvgIpc) is 1.81. The lowest BCUT2D eigenvalue weighted by Crippen LogP contribution is -2.42. The first-order valence-corrected chi connectivity index (χ1v) is 4.30. The van der Waals surface area contributed by atoms with Gasteiger partial charge in [0.1, 0.15) is 0 Å². The Kier molecular flexibility index (Phi) is 4.50. The minimum Gasteiger partial charge on any atom is -0.352 e. The summed E-state index contributed by atoms with van der Waals surface area (Å²) in [6.07, 6.45) is 0. The minimum absolute atomic E-state index is 0.0149. The first-order valence-electron chi connectivity index (χ1n) is 3.86. The number of hydrogen-bond donors (Lipinski definition) is 1. The normalized spacial score (nSPS) is 16.2. The SMILES string of the molecule is CC(=O)N[C@@H](C(C)C)[C@H](C)Cl. The maximum absolute atomic E-state index is 10.7. The molecular weight excluding hydrogens is 162 g/mol. The molecule has 0 spiro atoms. The molecule has 1 amide bonds. The maximum Gasteiger partial charge on any atom is 0.217 e. The van der Waals surface area contributed by atoms with Gasteiger partial charge in [-0.3, -0.25) is 4.79 Å². The molecule has 0 aliphatic heterocycles. The van der Waals surface area contributed by atoms with E-state index < -0.39 is 0 Å². The third-order valence-corrected chi connectivity index (χ3v) is 1.85. The van der Waals surface area contributed by atoms with Crippen LogP contribution in [-0.4, -0.2) is 17.3 Å². The van der Waals surface area contributed by atoms with Gasteiger partial charge >= 0.3 is 0 Å². The van der Waals surface area contributed by atoms with Gasteiger partial charge < -0.3 is 5.32 Å². The van der Waals surface area contributed by atoms with E-state index in [0.29, 0.717) is 5.92 Å². The highest BCUT2D eigenvalue weighted by atomic mass is 35.5. The average molecular weight is 178 g/mol. The van der Waals surface area contributed by atoms with Crippen molar-refractivity contribution in [3.8, 4) is 0 Å². The molecule has 1 N–H and O–H groups in total. The first-order chi connectivity index (χ1) is 4.95. The minimum atomic E-state index is -0.0174. The molecule has 0 bridgehead atoms. The molecule has 0 fully saturated rings. The lowest BCUT2D eigenvalue weighted by atomic mass is 10.0. The Labute approximate surface area is 73.3 Å². The van der Waals surface area contributed by atoms with Gasteiger partial charge in [-0.1, -0.05) is 13.8 Å². The molecule has 3 heteroatoms. The van der Waals surface area contributed by atoms with Gasteiger partial charge in [0.2, 0.25) is 5.91 Å². The number of alkyl halides is 1. The molecule has 0 radical (unpaired) electrons. The van der Waals surface area contributed by atoms with Crippen LogP contribution in [0.25, 0.3) is 0 Å². The lowest BCUT2D eigenvalue weighted by molar-refractivity contribution is -0.119. The summed E-state index contributed by atoms with van der Waals surface area (Å²) in [6, 6.07) is 0.0779. The number of hydrogen-bond acceptors (Lipinski definition) is 1. The summed E-state index contributed by atoms with van der Waals surface area (Å²) in [7, 11) is 0. The maximum atomic E-state index is 10.7. The van der Waals surface area contributed by atoms with Crippen molar-refractivity contribution in [1.29, 1.82) is 0 Å². The monoisotopic (exact) mass is 177 g/mol. The molecule has 0 aromatic heterocycles. The van der Waals surface area contributed by atoms with Crippen molar-refractivity contribution in [2.24, 2.45) is 5.92 Å². The highest BCUT2D eigenvalue weighted by molar-refractivity contribution is 6.21. The summed E-state index contributed by atoms with van der Waals surface area (Å²) in [6.45, 7) is 7.48. The highest BCUT2D eigenvalue weighted by Crippen LogP contribution is 2.11. The number of carbonyl (C=O) groups is 1. The summed E-state index contributed by atoms with van der Waals surface area (Å²) in [5, 5.41) is 2.79. The van der Waals surface area contributed by atoms with Gasteiger partial charge in [0.25, 0.3) is 0 Å². The summed E-state index contributed by atoms with van der Waals surface area (Å²) in [4.78, 5) is 10.7. The molecule has 0 unspecified atom stereocenters. The highest BCUT2D eigenvalue weighted by Gasteiger charge is 2.19. The Morgan fingerprint density at radius 1 is 1.36 bits per heavy atom. The fraction of sp³-hybridized carbons (Fsp3) is 0.875. The number of nitrogens with one attached hydrogen (secondary N) is 1. The third-order valence-electron chi connectivity index (χ3n) is 1.58. The van der Waals surface area contributed by atoms with Crippen molar-refractivity contribution in [1.82, 2.24) is 5.32 Å². The van der Waals surface area contributed by atoms with E-state index in [1.165, 1.54) is 6.92 Å². The molecule has 0 aliphatic rings. The van der Waals surface area contributed by atoms with Gasteiger partial charge in [0.05, 0.1) is 5.38 Å². The van der Waals surface area contributed by atoms with Crippen LogP contribution in [0.15, 0.2) is 0 Å². The molecule has 11 heavy (non-hydrogen) atoms. The summed E-state index contributed by atoms with van der Waals surface area (Å²) < 4.78 is 0. The van der Waals surface area contributed by atoms with Crippen molar-refractivity contribution >= 4 is 17.5 Å². The van der Waals surface area contributed by atoms with Crippen LogP contribution in [0.2, 0.25) is 0 Å². The number of amides is 1. The van der Waals surface area contributed by atoms with Crippen LogP contribution in [0.5, 0.6) is 0 Å². The zero-order valence-electron chi connectivity index (χ0n) is 7.52. The molecular formula is C8H16ClNO. The largest absolute Gasteiger partial charge is 0.352 e. The van der Waals surface area contributed by atoms with Crippen molar-refractivity contribution < 1.29 is 4.79 Å². The van der Waals surface area contributed by atoms with Crippen LogP contribution in [0.3, 0.4) is 0 Å². The van der Waals surface area contributed by atoms with Crippen LogP contribution in [0.4, 0.5) is 0 Å². The topological polar surface area (TPSA) is 29.1 Å². The van der Waals surface area contributed by atoms with E-state index >= 15 is 0 Å². The molecule has 0 saturated heterocycles. The second-order valence-electron chi connectivity index (χ2n) is 3.15. The van der Waals surface area contributed by atoms with Gasteiger partial charge in [0.15, 0.2) is 0 Å². The lowest BCUT2D eigenvalue weighted by Gasteiger charge is -2.23. The van der Waals surface area contributed by atoms with Gasteiger partial charge in [-0.15, -0.1) is 11.6 Å². The standard InChI is InChI=1S/C8H16ClNO/c1-5(2)8(6(3)9)10-7(4)11/h5-6,8H,1-4H3,(H,10,11)/t6-,8-/m0/s1. The molecule has 0 aromatic carbocycles. The van der Waals surface area contributed by atoms with Gasteiger partial charge in [0, 0.05) is 13.0 Å². The summed E-state index contributed by atoms with van der Waals surface area (Å²) in [5.74, 6) is 0.364. The number of halogens is 1. The van der Waals surface area contributed by atoms with E-state index in [4.69, 9.17) is 11.6 Å². The van der Waals surface area contributed by atoms with E-state index in [-0.39, 0.29) is 17.3 Å². The van der Waals surface area contributed by atoms with Crippen molar-refractivity contribution in [3.63, 3.8) is 0 Å². The van der Waals surface area contributed by atoms with Crippen LogP contribution in [-0.2, 0) is 4.79 Å². The fourth-order valence-electron chi connectivity index (χ4n) is 1.05. The van der Waals surface area contributed by atoms with Gasteiger partial charge in [-0.25, -0.2) is 0 Å². The second-order valence-corrected chi connectivity index (χ2v) is 3.84. The molecule has 66 valence electrons. The van der Waals surface area contributed by atoms with E-state index in [1.807, 2.05) is 20.8 Å². The Morgan fingerprint density at radius 2 is 1.82 bits per heavy atom. The summed E-state index contributed by atoms with van der Waals surface area (Å²) >= 11 is 5.87. The second kappa shape index (κ2) is 4.60. The summed E-state index contributed by atoms with van der Waals surface area (Å²) in [5.41, 5.74) is 0. The van der Waals surface area contributed by atoms with Crippen molar-refractivity contribution in [2.75, 3.05) is 0 Å². The first kappa shape index (κ1) is 10.8. The molecule has 0 heterocycles. The van der Waals surface area contributed by atoms with Crippen LogP contribution < -0.4 is 5.32 Å². The zero-order valence-corrected chi connectivity index (χ0v) is 8.27. The molecule has 0 rings (SSSR count). The van der Waals surface area contributed by atoms with E-state index in [1.54, 1.807) is 0 Å². The fourth-order valence-corrected chi connectivity index (χ4v) is 1.40. The van der Waals surface area contributed by atoms with Crippen molar-refractivity contribution in [2.45, 2.75) is 39.1 Å². The number of carbonyl (C=O) groups excluding carboxylic acids is 1. The smallest absolute Gasteiger partial charge is 0.217 e. The predicted molar refractivity (Wildman–Crippen MR) is 47.8 cm³/mol. The third kappa shape index (κ3) is 4.25. The predicted octanol–water partition coefficient (Wildman–Crippen LogP) is 1.77. The Balaban J connectivity index is 4.00.